The number of benzene rings is 2. The second kappa shape index (κ2) is 6.22. The SMILES string of the molecule is COc1cccc(CC(=O)c2ccc(Cl)c(Br)c2)c1. The Morgan fingerprint density at radius 3 is 2.74 bits per heavy atom. The van der Waals surface area contributed by atoms with E-state index in [9.17, 15) is 4.79 Å². The summed E-state index contributed by atoms with van der Waals surface area (Å²) < 4.78 is 5.87. The second-order valence-electron chi connectivity index (χ2n) is 4.08. The Morgan fingerprint density at radius 2 is 2.05 bits per heavy atom. The number of halogens is 2. The molecular weight excluding hydrogens is 328 g/mol. The lowest BCUT2D eigenvalue weighted by Gasteiger charge is -2.05. The molecule has 0 aliphatic rings. The van der Waals surface area contributed by atoms with Crippen LogP contribution in [0.1, 0.15) is 15.9 Å². The van der Waals surface area contributed by atoms with Gasteiger partial charge in [-0.3, -0.25) is 4.79 Å². The number of hydrogen-bond donors (Lipinski definition) is 0. The Morgan fingerprint density at radius 1 is 1.26 bits per heavy atom. The van der Waals surface area contributed by atoms with E-state index in [0.29, 0.717) is 17.0 Å². The van der Waals surface area contributed by atoms with E-state index in [0.717, 1.165) is 15.8 Å². The first-order chi connectivity index (χ1) is 9.10. The number of ketones is 1. The summed E-state index contributed by atoms with van der Waals surface area (Å²) in [5, 5.41) is 0.595. The van der Waals surface area contributed by atoms with Gasteiger partial charge in [0.1, 0.15) is 5.75 Å². The number of methoxy groups -OCH3 is 1. The molecule has 0 radical (unpaired) electrons. The fourth-order valence-corrected chi connectivity index (χ4v) is 2.24. The van der Waals surface area contributed by atoms with Crippen molar-refractivity contribution in [3.8, 4) is 5.75 Å². The summed E-state index contributed by atoms with van der Waals surface area (Å²) in [7, 11) is 1.61. The summed E-state index contributed by atoms with van der Waals surface area (Å²) in [5.74, 6) is 0.799. The van der Waals surface area contributed by atoms with E-state index in [4.69, 9.17) is 16.3 Å². The third-order valence-corrected chi connectivity index (χ3v) is 3.95. The van der Waals surface area contributed by atoms with E-state index >= 15 is 0 Å². The van der Waals surface area contributed by atoms with E-state index in [1.807, 2.05) is 24.3 Å². The van der Waals surface area contributed by atoms with Crippen molar-refractivity contribution in [3.63, 3.8) is 0 Å². The van der Waals surface area contributed by atoms with Crippen LogP contribution in [0.4, 0.5) is 0 Å². The van der Waals surface area contributed by atoms with Gasteiger partial charge in [0.2, 0.25) is 0 Å². The van der Waals surface area contributed by atoms with E-state index in [1.165, 1.54) is 0 Å². The highest BCUT2D eigenvalue weighted by molar-refractivity contribution is 9.10. The topological polar surface area (TPSA) is 26.3 Å². The van der Waals surface area contributed by atoms with Crippen LogP contribution in [0.25, 0.3) is 0 Å². The van der Waals surface area contributed by atoms with Gasteiger partial charge in [-0.15, -0.1) is 0 Å². The molecule has 0 spiro atoms. The van der Waals surface area contributed by atoms with E-state index in [-0.39, 0.29) is 5.78 Å². The van der Waals surface area contributed by atoms with Gasteiger partial charge in [-0.2, -0.15) is 0 Å². The summed E-state index contributed by atoms with van der Waals surface area (Å²) in [6, 6.07) is 12.7. The van der Waals surface area contributed by atoms with Crippen molar-refractivity contribution in [2.24, 2.45) is 0 Å². The fourth-order valence-electron chi connectivity index (χ4n) is 1.74. The van der Waals surface area contributed by atoms with E-state index < -0.39 is 0 Å². The average molecular weight is 340 g/mol. The molecule has 0 atom stereocenters. The van der Waals surface area contributed by atoms with E-state index in [1.54, 1.807) is 25.3 Å². The molecule has 2 aromatic carbocycles. The molecule has 0 aliphatic carbocycles. The number of carbonyl (C=O) groups excluding carboxylic acids is 1. The zero-order valence-corrected chi connectivity index (χ0v) is 12.7. The summed E-state index contributed by atoms with van der Waals surface area (Å²) in [6.45, 7) is 0. The molecule has 19 heavy (non-hydrogen) atoms. The standard InChI is InChI=1S/C15H12BrClO2/c1-19-12-4-2-3-10(7-12)8-15(18)11-5-6-14(17)13(16)9-11/h2-7,9H,8H2,1H3. The van der Waals surface area contributed by atoms with Crippen LogP contribution < -0.4 is 4.74 Å². The van der Waals surface area contributed by atoms with Crippen LogP contribution in [0, 0.1) is 0 Å². The van der Waals surface area contributed by atoms with Crippen molar-refractivity contribution >= 4 is 33.3 Å². The molecule has 0 saturated heterocycles. The maximum Gasteiger partial charge on any atom is 0.167 e. The van der Waals surface area contributed by atoms with Gasteiger partial charge < -0.3 is 4.74 Å². The van der Waals surface area contributed by atoms with Crippen LogP contribution in [0.15, 0.2) is 46.9 Å². The quantitative estimate of drug-likeness (QED) is 0.765. The lowest BCUT2D eigenvalue weighted by molar-refractivity contribution is 0.0993. The van der Waals surface area contributed by atoms with Gasteiger partial charge in [-0.05, 0) is 51.8 Å². The largest absolute Gasteiger partial charge is 0.497 e. The van der Waals surface area contributed by atoms with Gasteiger partial charge in [0.05, 0.1) is 12.1 Å². The minimum atomic E-state index is 0.0469. The lowest BCUT2D eigenvalue weighted by Crippen LogP contribution is -2.03. The second-order valence-corrected chi connectivity index (χ2v) is 5.34. The van der Waals surface area contributed by atoms with Gasteiger partial charge in [0, 0.05) is 16.5 Å². The van der Waals surface area contributed by atoms with Crippen LogP contribution in [0.5, 0.6) is 5.75 Å². The maximum atomic E-state index is 12.2. The molecule has 0 aromatic heterocycles. The van der Waals surface area contributed by atoms with Crippen LogP contribution >= 0.6 is 27.5 Å². The Kier molecular flexibility index (Phi) is 4.61. The third-order valence-electron chi connectivity index (χ3n) is 2.74. The van der Waals surface area contributed by atoms with Gasteiger partial charge in [-0.1, -0.05) is 23.7 Å². The summed E-state index contributed by atoms with van der Waals surface area (Å²) in [5.41, 5.74) is 1.56. The molecule has 98 valence electrons. The normalized spacial score (nSPS) is 10.3. The zero-order valence-electron chi connectivity index (χ0n) is 10.3. The molecule has 0 fully saturated rings. The first-order valence-electron chi connectivity index (χ1n) is 5.71. The fraction of sp³-hybridized carbons (Fsp3) is 0.133. The molecule has 0 aliphatic heterocycles. The van der Waals surface area contributed by atoms with Crippen LogP contribution in [0.2, 0.25) is 5.02 Å². The predicted octanol–water partition coefficient (Wildman–Crippen LogP) is 4.54. The van der Waals surface area contributed by atoms with Crippen molar-refractivity contribution in [2.45, 2.75) is 6.42 Å². The summed E-state index contributed by atoms with van der Waals surface area (Å²) >= 11 is 9.23. The molecule has 0 unspecified atom stereocenters. The molecule has 0 amide bonds. The van der Waals surface area contributed by atoms with Gasteiger partial charge >= 0.3 is 0 Å². The van der Waals surface area contributed by atoms with Crippen molar-refractivity contribution in [1.29, 1.82) is 0 Å². The Labute approximate surface area is 125 Å². The van der Waals surface area contributed by atoms with E-state index in [2.05, 4.69) is 15.9 Å². The third kappa shape index (κ3) is 3.58. The Balaban J connectivity index is 2.18. The number of carbonyl (C=O) groups is 1. The summed E-state index contributed by atoms with van der Waals surface area (Å²) in [4.78, 5) is 12.2. The number of Topliss-reactive ketones (excluding diaryl/α,β-unsaturated/α-hetero) is 1. The Hall–Kier alpha value is -1.32. The number of ether oxygens (including phenoxy) is 1. The molecule has 4 heteroatoms. The minimum absolute atomic E-state index is 0.0469. The highest BCUT2D eigenvalue weighted by Crippen LogP contribution is 2.24. The maximum absolute atomic E-state index is 12.2. The molecule has 0 heterocycles. The zero-order chi connectivity index (χ0) is 13.8. The molecule has 2 aromatic rings. The average Bonchev–Trinajstić information content (AvgIpc) is 2.42. The van der Waals surface area contributed by atoms with Crippen molar-refractivity contribution in [2.75, 3.05) is 7.11 Å². The molecule has 0 bridgehead atoms. The van der Waals surface area contributed by atoms with Gasteiger partial charge in [0.25, 0.3) is 0 Å². The number of rotatable bonds is 4. The molecule has 0 N–H and O–H groups in total. The van der Waals surface area contributed by atoms with Gasteiger partial charge in [0.15, 0.2) is 5.78 Å². The lowest BCUT2D eigenvalue weighted by atomic mass is 10.0. The first-order valence-corrected chi connectivity index (χ1v) is 6.88. The number of hydrogen-bond acceptors (Lipinski definition) is 2. The van der Waals surface area contributed by atoms with Crippen LogP contribution in [-0.2, 0) is 6.42 Å². The van der Waals surface area contributed by atoms with Crippen LogP contribution in [-0.4, -0.2) is 12.9 Å². The van der Waals surface area contributed by atoms with Crippen LogP contribution in [0.3, 0.4) is 0 Å². The van der Waals surface area contributed by atoms with Crippen molar-refractivity contribution in [1.82, 2.24) is 0 Å². The monoisotopic (exact) mass is 338 g/mol. The predicted molar refractivity (Wildman–Crippen MR) is 80.2 cm³/mol. The molecule has 0 saturated carbocycles. The molecular formula is C15H12BrClO2. The van der Waals surface area contributed by atoms with Crippen molar-refractivity contribution < 1.29 is 9.53 Å². The minimum Gasteiger partial charge on any atom is -0.497 e. The molecule has 2 nitrogen and oxygen atoms in total. The highest BCUT2D eigenvalue weighted by Gasteiger charge is 2.09. The molecule has 2 rings (SSSR count). The smallest absolute Gasteiger partial charge is 0.167 e. The van der Waals surface area contributed by atoms with Crippen molar-refractivity contribution in [3.05, 3.63) is 63.1 Å². The summed E-state index contributed by atoms with van der Waals surface area (Å²) in [6.07, 6.45) is 0.339. The highest BCUT2D eigenvalue weighted by atomic mass is 79.9. The first kappa shape index (κ1) is 14.1. The Bertz CT molecular complexity index is 611. The van der Waals surface area contributed by atoms with Gasteiger partial charge in [-0.25, -0.2) is 0 Å².